The fraction of sp³-hybridized carbons (Fsp3) is 0.250. The molecule has 0 heterocycles. The first-order chi connectivity index (χ1) is 8.31. The summed E-state index contributed by atoms with van der Waals surface area (Å²) in [6, 6.07) is 2.19. The van der Waals surface area contributed by atoms with Crippen molar-refractivity contribution in [2.24, 2.45) is 0 Å². The smallest absolute Gasteiger partial charge is 0.258 e. The predicted molar refractivity (Wildman–Crippen MR) is 69.0 cm³/mol. The Morgan fingerprint density at radius 1 is 1.33 bits per heavy atom. The number of hydrogen-bond donors (Lipinski definition) is 1. The SMILES string of the molecule is O=[N+]([O-])c1c(Cl)ccc(S(=O)(=O)NCCCl)c1Cl. The second-order valence-electron chi connectivity index (χ2n) is 3.05. The first-order valence-corrected chi connectivity index (χ1v) is 7.26. The lowest BCUT2D eigenvalue weighted by Gasteiger charge is -2.07. The van der Waals surface area contributed by atoms with Gasteiger partial charge in [-0.2, -0.15) is 0 Å². The summed E-state index contributed by atoms with van der Waals surface area (Å²) in [4.78, 5) is 9.48. The molecule has 0 aromatic heterocycles. The highest BCUT2D eigenvalue weighted by atomic mass is 35.5. The summed E-state index contributed by atoms with van der Waals surface area (Å²) in [5, 5.41) is 9.97. The van der Waals surface area contributed by atoms with Crippen molar-refractivity contribution in [3.8, 4) is 0 Å². The van der Waals surface area contributed by atoms with Gasteiger partial charge in [-0.1, -0.05) is 23.2 Å². The highest BCUT2D eigenvalue weighted by molar-refractivity contribution is 7.89. The van der Waals surface area contributed by atoms with Crippen LogP contribution in [0.5, 0.6) is 0 Å². The minimum atomic E-state index is -3.96. The maximum absolute atomic E-state index is 11.8. The zero-order valence-corrected chi connectivity index (χ0v) is 11.8. The lowest BCUT2D eigenvalue weighted by Crippen LogP contribution is -2.26. The maximum atomic E-state index is 11.8. The minimum absolute atomic E-state index is 0.0172. The lowest BCUT2D eigenvalue weighted by molar-refractivity contribution is -0.384. The van der Waals surface area contributed by atoms with Gasteiger partial charge in [-0.15, -0.1) is 11.6 Å². The third-order valence-electron chi connectivity index (χ3n) is 1.89. The van der Waals surface area contributed by atoms with E-state index in [1.54, 1.807) is 0 Å². The molecule has 0 atom stereocenters. The monoisotopic (exact) mass is 332 g/mol. The number of alkyl halides is 1. The standard InChI is InChI=1S/C8H7Cl3N2O4S/c9-3-4-12-18(16,17)6-2-1-5(10)8(7(6)11)13(14)15/h1-2,12H,3-4H2. The molecule has 0 fully saturated rings. The summed E-state index contributed by atoms with van der Waals surface area (Å²) in [5.74, 6) is 0.0620. The molecule has 0 unspecified atom stereocenters. The van der Waals surface area contributed by atoms with Gasteiger partial charge in [-0.05, 0) is 12.1 Å². The Hall–Kier alpha value is -0.600. The topological polar surface area (TPSA) is 89.3 Å². The Bertz CT molecular complexity index is 576. The molecule has 6 nitrogen and oxygen atoms in total. The number of hydrogen-bond acceptors (Lipinski definition) is 4. The summed E-state index contributed by atoms with van der Waals surface area (Å²) in [6.07, 6.45) is 0. The van der Waals surface area contributed by atoms with Crippen molar-refractivity contribution in [2.75, 3.05) is 12.4 Å². The Balaban J connectivity index is 3.36. The molecule has 10 heteroatoms. The Kier molecular flexibility index (Phi) is 5.18. The summed E-state index contributed by atoms with van der Waals surface area (Å²) in [6.45, 7) is -0.0172. The van der Waals surface area contributed by atoms with Crippen LogP contribution in [0.15, 0.2) is 17.0 Å². The van der Waals surface area contributed by atoms with Crippen molar-refractivity contribution in [1.29, 1.82) is 0 Å². The van der Waals surface area contributed by atoms with Crippen molar-refractivity contribution in [3.05, 3.63) is 32.3 Å². The molecule has 0 aliphatic rings. The van der Waals surface area contributed by atoms with Gasteiger partial charge in [0, 0.05) is 12.4 Å². The molecule has 1 aromatic carbocycles. The molecule has 0 aliphatic heterocycles. The van der Waals surface area contributed by atoms with Crippen molar-refractivity contribution in [1.82, 2.24) is 4.72 Å². The highest BCUT2D eigenvalue weighted by Crippen LogP contribution is 2.36. The molecule has 18 heavy (non-hydrogen) atoms. The van der Waals surface area contributed by atoms with E-state index in [1.807, 2.05) is 0 Å². The number of nitro groups is 1. The molecule has 0 saturated heterocycles. The van der Waals surface area contributed by atoms with Crippen molar-refractivity contribution in [3.63, 3.8) is 0 Å². The maximum Gasteiger partial charge on any atom is 0.307 e. The fourth-order valence-electron chi connectivity index (χ4n) is 1.15. The summed E-state index contributed by atoms with van der Waals surface area (Å²) in [5.41, 5.74) is -0.646. The number of rotatable bonds is 5. The van der Waals surface area contributed by atoms with E-state index in [-0.39, 0.29) is 17.4 Å². The van der Waals surface area contributed by atoms with Crippen LogP contribution in [0.4, 0.5) is 5.69 Å². The fourth-order valence-corrected chi connectivity index (χ4v) is 3.27. The van der Waals surface area contributed by atoms with E-state index < -0.39 is 30.6 Å². The van der Waals surface area contributed by atoms with Crippen LogP contribution < -0.4 is 4.72 Å². The number of benzene rings is 1. The lowest BCUT2D eigenvalue weighted by atomic mass is 10.3. The van der Waals surface area contributed by atoms with Gasteiger partial charge in [0.2, 0.25) is 10.0 Å². The minimum Gasteiger partial charge on any atom is -0.258 e. The zero-order valence-electron chi connectivity index (χ0n) is 8.69. The van der Waals surface area contributed by atoms with Gasteiger partial charge >= 0.3 is 5.69 Å². The molecule has 0 bridgehead atoms. The van der Waals surface area contributed by atoms with Crippen molar-refractivity contribution in [2.45, 2.75) is 4.90 Å². The second kappa shape index (κ2) is 6.03. The average Bonchev–Trinajstić information content (AvgIpc) is 2.25. The van der Waals surface area contributed by atoms with E-state index >= 15 is 0 Å². The van der Waals surface area contributed by atoms with Gasteiger partial charge in [0.05, 0.1) is 4.92 Å². The molecule has 1 N–H and O–H groups in total. The first kappa shape index (κ1) is 15.5. The first-order valence-electron chi connectivity index (χ1n) is 4.49. The van der Waals surface area contributed by atoms with Crippen LogP contribution in [-0.2, 0) is 10.0 Å². The van der Waals surface area contributed by atoms with Gasteiger partial charge in [0.25, 0.3) is 0 Å². The van der Waals surface area contributed by atoms with E-state index in [4.69, 9.17) is 34.8 Å². The van der Waals surface area contributed by atoms with Crippen LogP contribution in [-0.4, -0.2) is 25.8 Å². The second-order valence-corrected chi connectivity index (χ2v) is 5.95. The predicted octanol–water partition coefficient (Wildman–Crippen LogP) is 2.42. The molecule has 0 aliphatic carbocycles. The largest absolute Gasteiger partial charge is 0.307 e. The quantitative estimate of drug-likeness (QED) is 0.509. The average molecular weight is 334 g/mol. The van der Waals surface area contributed by atoms with E-state index in [9.17, 15) is 18.5 Å². The Labute approximate surface area is 118 Å². The van der Waals surface area contributed by atoms with Gasteiger partial charge < -0.3 is 0 Å². The molecule has 0 spiro atoms. The number of nitrogens with zero attached hydrogens (tertiary/aromatic N) is 1. The van der Waals surface area contributed by atoms with Gasteiger partial charge in [-0.25, -0.2) is 13.1 Å². The number of nitrogens with one attached hydrogen (secondary N) is 1. The molecule has 0 saturated carbocycles. The van der Waals surface area contributed by atoms with E-state index in [1.165, 1.54) is 0 Å². The molecular weight excluding hydrogens is 327 g/mol. The van der Waals surface area contributed by atoms with Crippen LogP contribution in [0, 0.1) is 10.1 Å². The molecule has 0 radical (unpaired) electrons. The van der Waals surface area contributed by atoms with Gasteiger partial charge in [-0.3, -0.25) is 10.1 Å². The van der Waals surface area contributed by atoms with E-state index in [0.717, 1.165) is 12.1 Å². The number of sulfonamides is 1. The number of halogens is 3. The summed E-state index contributed by atoms with van der Waals surface area (Å²) < 4.78 is 25.7. The molecule has 1 aromatic rings. The molecule has 0 amide bonds. The number of nitro benzene ring substituents is 1. The molecule has 1 rings (SSSR count). The zero-order chi connectivity index (χ0) is 13.9. The van der Waals surface area contributed by atoms with Crippen LogP contribution in [0.1, 0.15) is 0 Å². The van der Waals surface area contributed by atoms with E-state index in [2.05, 4.69) is 4.72 Å². The van der Waals surface area contributed by atoms with Gasteiger partial charge in [0.1, 0.15) is 14.9 Å². The third kappa shape index (κ3) is 3.24. The van der Waals surface area contributed by atoms with Crippen molar-refractivity contribution < 1.29 is 13.3 Å². The molecular formula is C8H7Cl3N2O4S. The van der Waals surface area contributed by atoms with Crippen LogP contribution in [0.2, 0.25) is 10.0 Å². The molecule has 100 valence electrons. The van der Waals surface area contributed by atoms with E-state index in [0.29, 0.717) is 0 Å². The Morgan fingerprint density at radius 3 is 2.44 bits per heavy atom. The van der Waals surface area contributed by atoms with Crippen molar-refractivity contribution >= 4 is 50.5 Å². The Morgan fingerprint density at radius 2 is 1.94 bits per heavy atom. The summed E-state index contributed by atoms with van der Waals surface area (Å²) in [7, 11) is -3.96. The normalized spacial score (nSPS) is 11.5. The van der Waals surface area contributed by atoms with Crippen LogP contribution >= 0.6 is 34.8 Å². The third-order valence-corrected chi connectivity index (χ3v) is 4.38. The van der Waals surface area contributed by atoms with Gasteiger partial charge in [0.15, 0.2) is 0 Å². The van der Waals surface area contributed by atoms with Crippen LogP contribution in [0.3, 0.4) is 0 Å². The van der Waals surface area contributed by atoms with Crippen LogP contribution in [0.25, 0.3) is 0 Å². The highest BCUT2D eigenvalue weighted by Gasteiger charge is 2.27. The summed E-state index contributed by atoms with van der Waals surface area (Å²) >= 11 is 16.6.